The molecule has 0 spiro atoms. The Morgan fingerprint density at radius 3 is 2.67 bits per heavy atom. The zero-order chi connectivity index (χ0) is 20.9. The quantitative estimate of drug-likeness (QED) is 0.532. The zero-order valence-corrected chi connectivity index (χ0v) is 16.3. The van der Waals surface area contributed by atoms with Crippen LogP contribution in [0.15, 0.2) is 72.0 Å². The molecule has 1 amide bonds. The maximum absolute atomic E-state index is 12.5. The summed E-state index contributed by atoms with van der Waals surface area (Å²) in [4.78, 5) is 37.6. The van der Waals surface area contributed by atoms with Crippen molar-refractivity contribution >= 4 is 16.8 Å². The Morgan fingerprint density at radius 1 is 1.07 bits per heavy atom. The Kier molecular flexibility index (Phi) is 5.47. The summed E-state index contributed by atoms with van der Waals surface area (Å²) in [7, 11) is 1.61. The van der Waals surface area contributed by atoms with E-state index < -0.39 is 0 Å². The van der Waals surface area contributed by atoms with E-state index in [1.54, 1.807) is 25.3 Å². The number of para-hydroxylation sites is 1. The van der Waals surface area contributed by atoms with Crippen molar-refractivity contribution in [1.82, 2.24) is 24.8 Å². The van der Waals surface area contributed by atoms with Crippen LogP contribution in [0, 0.1) is 0 Å². The molecule has 30 heavy (non-hydrogen) atoms. The molecule has 4 rings (SSSR count). The fourth-order valence-electron chi connectivity index (χ4n) is 3.03. The molecule has 0 unspecified atom stereocenters. The van der Waals surface area contributed by atoms with E-state index in [2.05, 4.69) is 20.3 Å². The average molecular weight is 401 g/mol. The number of methoxy groups -OCH3 is 1. The van der Waals surface area contributed by atoms with Crippen molar-refractivity contribution < 1.29 is 9.53 Å². The number of carbonyl (C=O) groups excluding carboxylic acids is 1. The number of carbonyl (C=O) groups is 1. The lowest BCUT2D eigenvalue weighted by atomic mass is 10.1. The molecule has 0 saturated heterocycles. The number of rotatable bonds is 6. The SMILES string of the molecule is COc1ccc(-c2cc(CNC(=O)Cn3cnc4ccccc4c3=O)ncn2)cc1. The summed E-state index contributed by atoms with van der Waals surface area (Å²) in [6.45, 7) is 0.105. The minimum Gasteiger partial charge on any atom is -0.497 e. The van der Waals surface area contributed by atoms with Crippen LogP contribution in [0.1, 0.15) is 5.69 Å². The van der Waals surface area contributed by atoms with Gasteiger partial charge in [-0.05, 0) is 42.5 Å². The second kappa shape index (κ2) is 8.52. The van der Waals surface area contributed by atoms with Crippen molar-refractivity contribution in [2.24, 2.45) is 0 Å². The molecule has 0 saturated carbocycles. The van der Waals surface area contributed by atoms with Gasteiger partial charge in [-0.3, -0.25) is 14.2 Å². The molecule has 8 heteroatoms. The van der Waals surface area contributed by atoms with Crippen molar-refractivity contribution in [3.05, 3.63) is 83.3 Å². The zero-order valence-electron chi connectivity index (χ0n) is 16.3. The summed E-state index contributed by atoms with van der Waals surface area (Å²) in [5, 5.41) is 3.26. The Balaban J connectivity index is 1.43. The van der Waals surface area contributed by atoms with E-state index >= 15 is 0 Å². The number of nitrogens with one attached hydrogen (secondary N) is 1. The van der Waals surface area contributed by atoms with Crippen molar-refractivity contribution in [2.75, 3.05) is 7.11 Å². The number of fused-ring (bicyclic) bond motifs is 1. The van der Waals surface area contributed by atoms with Crippen molar-refractivity contribution in [2.45, 2.75) is 13.1 Å². The molecule has 2 heterocycles. The van der Waals surface area contributed by atoms with Gasteiger partial charge < -0.3 is 10.1 Å². The molecule has 2 aromatic carbocycles. The normalized spacial score (nSPS) is 10.7. The van der Waals surface area contributed by atoms with Gasteiger partial charge in [0.2, 0.25) is 5.91 Å². The van der Waals surface area contributed by atoms with Crippen LogP contribution in [0.2, 0.25) is 0 Å². The maximum Gasteiger partial charge on any atom is 0.261 e. The van der Waals surface area contributed by atoms with E-state index in [0.717, 1.165) is 17.0 Å². The molecule has 0 atom stereocenters. The minimum absolute atomic E-state index is 0.118. The Morgan fingerprint density at radius 2 is 1.87 bits per heavy atom. The van der Waals surface area contributed by atoms with Gasteiger partial charge >= 0.3 is 0 Å². The van der Waals surface area contributed by atoms with Gasteiger partial charge in [0, 0.05) is 5.56 Å². The number of amides is 1. The van der Waals surface area contributed by atoms with Crippen molar-refractivity contribution in [3.63, 3.8) is 0 Å². The lowest BCUT2D eigenvalue weighted by Gasteiger charge is -2.09. The van der Waals surface area contributed by atoms with Gasteiger partial charge in [-0.2, -0.15) is 0 Å². The first-order valence-electron chi connectivity index (χ1n) is 9.30. The lowest BCUT2D eigenvalue weighted by molar-refractivity contribution is -0.121. The third-order valence-electron chi connectivity index (χ3n) is 4.62. The highest BCUT2D eigenvalue weighted by Gasteiger charge is 2.09. The summed E-state index contributed by atoms with van der Waals surface area (Å²) < 4.78 is 6.46. The Bertz CT molecular complexity index is 1250. The van der Waals surface area contributed by atoms with Crippen molar-refractivity contribution in [1.29, 1.82) is 0 Å². The monoisotopic (exact) mass is 401 g/mol. The number of nitrogens with zero attached hydrogens (tertiary/aromatic N) is 4. The molecule has 0 radical (unpaired) electrons. The second-order valence-corrected chi connectivity index (χ2v) is 6.59. The Hall–Kier alpha value is -4.07. The van der Waals surface area contributed by atoms with Crippen LogP contribution in [0.4, 0.5) is 0 Å². The van der Waals surface area contributed by atoms with Crippen LogP contribution >= 0.6 is 0 Å². The summed E-state index contributed by atoms with van der Waals surface area (Å²) in [6.07, 6.45) is 2.84. The molecule has 0 aliphatic heterocycles. The minimum atomic E-state index is -0.307. The smallest absolute Gasteiger partial charge is 0.261 e. The molecular weight excluding hydrogens is 382 g/mol. The fourth-order valence-corrected chi connectivity index (χ4v) is 3.03. The van der Waals surface area contributed by atoms with Crippen LogP contribution in [-0.2, 0) is 17.9 Å². The fraction of sp³-hybridized carbons (Fsp3) is 0.136. The number of hydrogen-bond acceptors (Lipinski definition) is 6. The van der Waals surface area contributed by atoms with E-state index in [9.17, 15) is 9.59 Å². The molecule has 0 aliphatic rings. The molecule has 8 nitrogen and oxygen atoms in total. The van der Waals surface area contributed by atoms with E-state index in [0.29, 0.717) is 16.6 Å². The van der Waals surface area contributed by atoms with Gasteiger partial charge in [-0.25, -0.2) is 15.0 Å². The van der Waals surface area contributed by atoms with E-state index in [-0.39, 0.29) is 24.6 Å². The highest BCUT2D eigenvalue weighted by molar-refractivity contribution is 5.78. The summed E-state index contributed by atoms with van der Waals surface area (Å²) >= 11 is 0. The molecule has 2 aromatic heterocycles. The molecule has 0 aliphatic carbocycles. The van der Waals surface area contributed by atoms with Crippen LogP contribution in [-0.4, -0.2) is 32.5 Å². The third-order valence-corrected chi connectivity index (χ3v) is 4.62. The third kappa shape index (κ3) is 4.17. The average Bonchev–Trinajstić information content (AvgIpc) is 2.80. The molecular formula is C22H19N5O3. The molecule has 1 N–H and O–H groups in total. The molecule has 150 valence electrons. The van der Waals surface area contributed by atoms with Gasteiger partial charge in [0.15, 0.2) is 0 Å². The van der Waals surface area contributed by atoms with Crippen LogP contribution < -0.4 is 15.6 Å². The first kappa shape index (κ1) is 19.3. The van der Waals surface area contributed by atoms with Gasteiger partial charge in [0.1, 0.15) is 18.6 Å². The van der Waals surface area contributed by atoms with Crippen molar-refractivity contribution in [3.8, 4) is 17.0 Å². The summed E-state index contributed by atoms with van der Waals surface area (Å²) in [5.41, 5.74) is 2.67. The highest BCUT2D eigenvalue weighted by atomic mass is 16.5. The highest BCUT2D eigenvalue weighted by Crippen LogP contribution is 2.20. The van der Waals surface area contributed by atoms with Gasteiger partial charge in [-0.15, -0.1) is 0 Å². The number of hydrogen-bond donors (Lipinski definition) is 1. The van der Waals surface area contributed by atoms with E-state index in [4.69, 9.17) is 4.74 Å². The van der Waals surface area contributed by atoms with Gasteiger partial charge in [-0.1, -0.05) is 12.1 Å². The topological polar surface area (TPSA) is 99.0 Å². The lowest BCUT2D eigenvalue weighted by Crippen LogP contribution is -2.32. The second-order valence-electron chi connectivity index (χ2n) is 6.59. The predicted octanol–water partition coefficient (Wildman–Crippen LogP) is 2.18. The van der Waals surface area contributed by atoms with Gasteiger partial charge in [0.05, 0.1) is 42.3 Å². The van der Waals surface area contributed by atoms with Crippen LogP contribution in [0.25, 0.3) is 22.2 Å². The largest absolute Gasteiger partial charge is 0.497 e. The Labute approximate surface area is 172 Å². The first-order valence-corrected chi connectivity index (χ1v) is 9.30. The van der Waals surface area contributed by atoms with Gasteiger partial charge in [0.25, 0.3) is 5.56 Å². The summed E-state index contributed by atoms with van der Waals surface area (Å²) in [6, 6.07) is 16.4. The van der Waals surface area contributed by atoms with E-state index in [1.165, 1.54) is 17.2 Å². The number of aromatic nitrogens is 4. The molecule has 4 aromatic rings. The number of benzene rings is 2. The molecule has 0 bridgehead atoms. The maximum atomic E-state index is 12.5. The van der Waals surface area contributed by atoms with E-state index in [1.807, 2.05) is 36.4 Å². The summed E-state index contributed by atoms with van der Waals surface area (Å²) in [5.74, 6) is 0.456. The van der Waals surface area contributed by atoms with Crippen LogP contribution in [0.3, 0.4) is 0 Å². The van der Waals surface area contributed by atoms with Crippen LogP contribution in [0.5, 0.6) is 5.75 Å². The standard InChI is InChI=1S/C22H19N5O3/c1-30-17-8-6-15(7-9-17)20-10-16(24-13-25-20)11-23-21(28)12-27-14-26-19-5-3-2-4-18(19)22(27)29/h2-10,13-14H,11-12H2,1H3,(H,23,28). The predicted molar refractivity (Wildman–Crippen MR) is 112 cm³/mol. The first-order chi connectivity index (χ1) is 14.6. The number of ether oxygens (including phenoxy) is 1. The molecule has 0 fully saturated rings.